The molecular weight excluding hydrogens is 392 g/mol. The van der Waals surface area contributed by atoms with Gasteiger partial charge in [-0.25, -0.2) is 4.98 Å². The molecule has 2 heterocycles. The monoisotopic (exact) mass is 418 g/mol. The number of hydrogen-bond acceptors (Lipinski definition) is 5. The Morgan fingerprint density at radius 3 is 2.84 bits per heavy atom. The van der Waals surface area contributed by atoms with Crippen LogP contribution in [0.4, 0.5) is 0 Å². The van der Waals surface area contributed by atoms with Crippen molar-refractivity contribution in [2.75, 3.05) is 6.61 Å². The van der Waals surface area contributed by atoms with Gasteiger partial charge in [0.05, 0.1) is 11.7 Å². The maximum atomic E-state index is 11.8. The van der Waals surface area contributed by atoms with Crippen molar-refractivity contribution in [3.05, 3.63) is 59.5 Å². The summed E-state index contributed by atoms with van der Waals surface area (Å²) in [5.74, 6) is 2.07. The molecule has 8 heteroatoms. The average Bonchev–Trinajstić information content (AvgIpc) is 3.33. The number of H-pyrrole nitrogens is 1. The van der Waals surface area contributed by atoms with Crippen LogP contribution in [-0.4, -0.2) is 43.5 Å². The fraction of sp³-hybridized carbons (Fsp3) is 0.304. The zero-order valence-electron chi connectivity index (χ0n) is 18.1. The molecule has 1 amide bonds. The van der Waals surface area contributed by atoms with E-state index in [4.69, 9.17) is 9.72 Å². The van der Waals surface area contributed by atoms with E-state index in [0.717, 1.165) is 33.4 Å². The number of aryl methyl sites for hydroxylation is 2. The molecule has 160 valence electrons. The Balaban J connectivity index is 1.48. The average molecular weight is 419 g/mol. The van der Waals surface area contributed by atoms with Crippen LogP contribution in [0.3, 0.4) is 0 Å². The molecular formula is C23H26N6O2. The quantitative estimate of drug-likeness (QED) is 0.480. The lowest BCUT2D eigenvalue weighted by molar-refractivity contribution is -0.123. The number of rotatable bonds is 7. The highest BCUT2D eigenvalue weighted by atomic mass is 16.5. The zero-order valence-corrected chi connectivity index (χ0v) is 18.1. The Bertz CT molecular complexity index is 1220. The molecule has 2 aromatic heterocycles. The lowest BCUT2D eigenvalue weighted by Crippen LogP contribution is -2.34. The minimum atomic E-state index is -0.136. The van der Waals surface area contributed by atoms with E-state index < -0.39 is 0 Å². The van der Waals surface area contributed by atoms with Crippen molar-refractivity contribution in [1.29, 1.82) is 0 Å². The van der Waals surface area contributed by atoms with E-state index in [1.807, 2.05) is 63.0 Å². The molecule has 0 fully saturated rings. The zero-order chi connectivity index (χ0) is 22.0. The topological polar surface area (TPSA) is 97.7 Å². The summed E-state index contributed by atoms with van der Waals surface area (Å²) in [6, 6.07) is 12.0. The summed E-state index contributed by atoms with van der Waals surface area (Å²) in [4.78, 5) is 16.6. The second-order valence-corrected chi connectivity index (χ2v) is 7.93. The first-order valence-corrected chi connectivity index (χ1v) is 10.2. The molecule has 0 unspecified atom stereocenters. The fourth-order valence-electron chi connectivity index (χ4n) is 3.44. The van der Waals surface area contributed by atoms with Crippen molar-refractivity contribution < 1.29 is 9.53 Å². The van der Waals surface area contributed by atoms with Gasteiger partial charge in [-0.05, 0) is 62.2 Å². The number of amides is 1. The van der Waals surface area contributed by atoms with Crippen molar-refractivity contribution in [2.24, 2.45) is 7.05 Å². The summed E-state index contributed by atoms with van der Waals surface area (Å²) in [5.41, 5.74) is 4.00. The van der Waals surface area contributed by atoms with Crippen LogP contribution in [0.15, 0.2) is 42.6 Å². The van der Waals surface area contributed by atoms with Gasteiger partial charge in [0.25, 0.3) is 5.91 Å². The predicted molar refractivity (Wildman–Crippen MR) is 119 cm³/mol. The second kappa shape index (κ2) is 8.59. The first-order valence-electron chi connectivity index (χ1n) is 10.2. The highest BCUT2D eigenvalue weighted by Gasteiger charge is 2.13. The number of fused-ring (bicyclic) bond motifs is 1. The van der Waals surface area contributed by atoms with Crippen molar-refractivity contribution in [3.63, 3.8) is 0 Å². The summed E-state index contributed by atoms with van der Waals surface area (Å²) >= 11 is 0. The van der Waals surface area contributed by atoms with E-state index >= 15 is 0 Å². The molecule has 2 N–H and O–H groups in total. The first-order chi connectivity index (χ1) is 14.9. The molecule has 0 radical (unpaired) electrons. The summed E-state index contributed by atoms with van der Waals surface area (Å²) in [5, 5.41) is 15.5. The molecule has 4 aromatic rings. The lowest BCUT2D eigenvalue weighted by Gasteiger charge is -2.11. The highest BCUT2D eigenvalue weighted by molar-refractivity contribution is 5.78. The van der Waals surface area contributed by atoms with Crippen LogP contribution in [0.2, 0.25) is 0 Å². The van der Waals surface area contributed by atoms with Gasteiger partial charge in [-0.2, -0.15) is 10.2 Å². The minimum absolute atomic E-state index is 0.00857. The van der Waals surface area contributed by atoms with E-state index in [0.29, 0.717) is 18.0 Å². The minimum Gasteiger partial charge on any atom is -0.484 e. The highest BCUT2D eigenvalue weighted by Crippen LogP contribution is 2.25. The van der Waals surface area contributed by atoms with Crippen LogP contribution in [0, 0.1) is 6.92 Å². The van der Waals surface area contributed by atoms with Crippen molar-refractivity contribution >= 4 is 16.8 Å². The number of aromatic nitrogens is 5. The third-order valence-electron chi connectivity index (χ3n) is 4.96. The number of aromatic amines is 1. The number of carbonyl (C=O) groups is 1. The van der Waals surface area contributed by atoms with Gasteiger partial charge in [0.15, 0.2) is 12.4 Å². The summed E-state index contributed by atoms with van der Waals surface area (Å²) in [6.45, 7) is 5.78. The Kier molecular flexibility index (Phi) is 5.70. The number of nitrogens with zero attached hydrogens (tertiary/aromatic N) is 4. The van der Waals surface area contributed by atoms with E-state index in [2.05, 4.69) is 32.7 Å². The van der Waals surface area contributed by atoms with E-state index in [-0.39, 0.29) is 18.6 Å². The molecule has 2 aromatic carbocycles. The van der Waals surface area contributed by atoms with Crippen LogP contribution < -0.4 is 10.1 Å². The molecule has 8 nitrogen and oxygen atoms in total. The van der Waals surface area contributed by atoms with E-state index in [1.165, 1.54) is 0 Å². The fourth-order valence-corrected chi connectivity index (χ4v) is 3.44. The third-order valence-corrected chi connectivity index (χ3v) is 4.96. The summed E-state index contributed by atoms with van der Waals surface area (Å²) < 4.78 is 7.47. The number of benzene rings is 2. The first kappa shape index (κ1) is 20.6. The molecule has 4 rings (SSSR count). The van der Waals surface area contributed by atoms with Crippen LogP contribution in [-0.2, 0) is 18.3 Å². The van der Waals surface area contributed by atoms with Gasteiger partial charge in [0.2, 0.25) is 0 Å². The molecule has 0 saturated heterocycles. The van der Waals surface area contributed by atoms with E-state index in [9.17, 15) is 4.79 Å². The number of nitrogens with one attached hydrogen (secondary N) is 2. The molecule has 0 aliphatic heterocycles. The molecule has 0 spiro atoms. The van der Waals surface area contributed by atoms with Gasteiger partial charge in [0, 0.05) is 30.5 Å². The summed E-state index contributed by atoms with van der Waals surface area (Å²) in [7, 11) is 1.90. The normalized spacial score (nSPS) is 11.3. The van der Waals surface area contributed by atoms with Gasteiger partial charge in [-0.15, -0.1) is 0 Å². The standard InChI is InChI=1S/C23H26N6O2/c1-14(2)25-22(30)13-31-20-8-6-17(9-15(20)3)23-26-21(29(4)28-23)11-16-5-7-19-18(10-16)12-24-27-19/h5-10,12,14H,11,13H2,1-4H3,(H,24,27)(H,25,30). The molecule has 0 bridgehead atoms. The Morgan fingerprint density at radius 2 is 2.06 bits per heavy atom. The van der Waals surface area contributed by atoms with Crippen LogP contribution in [0.5, 0.6) is 5.75 Å². The smallest absolute Gasteiger partial charge is 0.258 e. The van der Waals surface area contributed by atoms with Gasteiger partial charge >= 0.3 is 0 Å². The number of hydrogen-bond donors (Lipinski definition) is 2. The SMILES string of the molecule is Cc1cc(-c2nc(Cc3ccc4[nH]ncc4c3)n(C)n2)ccc1OCC(=O)NC(C)C. The lowest BCUT2D eigenvalue weighted by atomic mass is 10.1. The molecule has 0 atom stereocenters. The maximum absolute atomic E-state index is 11.8. The third kappa shape index (κ3) is 4.74. The van der Waals surface area contributed by atoms with Gasteiger partial charge < -0.3 is 10.1 Å². The van der Waals surface area contributed by atoms with Crippen molar-refractivity contribution in [3.8, 4) is 17.1 Å². The van der Waals surface area contributed by atoms with Gasteiger partial charge in [-0.1, -0.05) is 6.07 Å². The van der Waals surface area contributed by atoms with Gasteiger partial charge in [-0.3, -0.25) is 14.6 Å². The van der Waals surface area contributed by atoms with Crippen molar-refractivity contribution in [2.45, 2.75) is 33.2 Å². The van der Waals surface area contributed by atoms with E-state index in [1.54, 1.807) is 0 Å². The second-order valence-electron chi connectivity index (χ2n) is 7.93. The number of ether oxygens (including phenoxy) is 1. The maximum Gasteiger partial charge on any atom is 0.258 e. The molecule has 0 aliphatic carbocycles. The predicted octanol–water partition coefficient (Wildman–Crippen LogP) is 3.16. The van der Waals surface area contributed by atoms with Crippen LogP contribution in [0.25, 0.3) is 22.3 Å². The van der Waals surface area contributed by atoms with Crippen LogP contribution >= 0.6 is 0 Å². The molecule has 31 heavy (non-hydrogen) atoms. The summed E-state index contributed by atoms with van der Waals surface area (Å²) in [6.07, 6.45) is 2.50. The molecule has 0 aliphatic rings. The van der Waals surface area contributed by atoms with Gasteiger partial charge in [0.1, 0.15) is 11.6 Å². The van der Waals surface area contributed by atoms with Crippen LogP contribution in [0.1, 0.15) is 30.8 Å². The Hall–Kier alpha value is -3.68. The largest absolute Gasteiger partial charge is 0.484 e. The Labute approximate surface area is 180 Å². The molecule has 0 saturated carbocycles. The Morgan fingerprint density at radius 1 is 1.23 bits per heavy atom. The number of carbonyl (C=O) groups excluding carboxylic acids is 1. The van der Waals surface area contributed by atoms with Crippen molar-refractivity contribution in [1.82, 2.24) is 30.3 Å².